The average molecular weight is 818 g/mol. The summed E-state index contributed by atoms with van der Waals surface area (Å²) in [5, 5.41) is 6.98. The molecule has 0 unspecified atom stereocenters. The molecule has 3 aromatic heterocycles. The molecule has 4 nitrogen and oxygen atoms in total. The summed E-state index contributed by atoms with van der Waals surface area (Å²) < 4.78 is 11.8. The number of hydrogen-bond donors (Lipinski definition) is 0. The van der Waals surface area contributed by atoms with Gasteiger partial charge in [-0.1, -0.05) is 164 Å². The second-order valence-corrected chi connectivity index (χ2v) is 16.5. The first-order valence-electron chi connectivity index (χ1n) is 21.8. The molecule has 0 N–H and O–H groups in total. The van der Waals surface area contributed by atoms with Crippen molar-refractivity contribution in [1.29, 1.82) is 0 Å². The van der Waals surface area contributed by atoms with E-state index in [1.807, 2.05) is 6.07 Å². The van der Waals surface area contributed by atoms with Crippen LogP contribution in [-0.2, 0) is 0 Å². The third-order valence-electron chi connectivity index (χ3n) is 12.9. The highest BCUT2D eigenvalue weighted by atomic mass is 16.3. The van der Waals surface area contributed by atoms with Crippen LogP contribution in [0.4, 0.5) is 17.1 Å². The van der Waals surface area contributed by atoms with Crippen molar-refractivity contribution < 1.29 is 4.42 Å². The molecular formula is C60H39N3O. The molecule has 0 fully saturated rings. The van der Waals surface area contributed by atoms with Crippen LogP contribution in [0, 0.1) is 0 Å². The van der Waals surface area contributed by atoms with Gasteiger partial charge in [0, 0.05) is 49.3 Å². The molecule has 0 atom stereocenters. The van der Waals surface area contributed by atoms with Gasteiger partial charge in [0.05, 0.1) is 39.1 Å². The predicted octanol–water partition coefficient (Wildman–Crippen LogP) is 16.6. The normalized spacial score (nSPS) is 11.8. The van der Waals surface area contributed by atoms with Gasteiger partial charge in [0.1, 0.15) is 5.58 Å². The van der Waals surface area contributed by atoms with E-state index in [1.54, 1.807) is 0 Å². The summed E-state index contributed by atoms with van der Waals surface area (Å²) in [6.07, 6.45) is 0. The van der Waals surface area contributed by atoms with E-state index in [9.17, 15) is 0 Å². The van der Waals surface area contributed by atoms with Crippen molar-refractivity contribution in [2.75, 3.05) is 4.90 Å². The molecule has 0 aliphatic rings. The van der Waals surface area contributed by atoms with Crippen molar-refractivity contribution in [3.8, 4) is 33.6 Å². The summed E-state index contributed by atoms with van der Waals surface area (Å²) in [6, 6.07) is 85.2. The number of hydrogen-bond acceptors (Lipinski definition) is 2. The van der Waals surface area contributed by atoms with Crippen LogP contribution >= 0.6 is 0 Å². The molecule has 0 aliphatic carbocycles. The van der Waals surface area contributed by atoms with Crippen LogP contribution in [0.2, 0.25) is 0 Å². The Kier molecular flexibility index (Phi) is 8.18. The predicted molar refractivity (Wildman–Crippen MR) is 268 cm³/mol. The molecule has 4 heteroatoms. The monoisotopic (exact) mass is 817 g/mol. The molecule has 300 valence electrons. The SMILES string of the molecule is c1ccc(-c2cc(-c3ccccc3)c3c(c2)c2ccc(N(c4ccccc4-n4c5ccccc5c5ccccc54)c4cccc5c4oc4ccccc45)cc2n3-c2ccccc2)cc1. The fourth-order valence-corrected chi connectivity index (χ4v) is 10.1. The highest BCUT2D eigenvalue weighted by molar-refractivity contribution is 6.17. The van der Waals surface area contributed by atoms with Crippen molar-refractivity contribution >= 4 is 82.6 Å². The van der Waals surface area contributed by atoms with Crippen LogP contribution in [0.3, 0.4) is 0 Å². The van der Waals surface area contributed by atoms with Crippen LogP contribution in [0.1, 0.15) is 0 Å². The van der Waals surface area contributed by atoms with Crippen LogP contribution < -0.4 is 4.90 Å². The molecular weight excluding hydrogens is 779 g/mol. The van der Waals surface area contributed by atoms with Gasteiger partial charge in [-0.3, -0.25) is 0 Å². The zero-order chi connectivity index (χ0) is 42.1. The lowest BCUT2D eigenvalue weighted by molar-refractivity contribution is 0.669. The summed E-state index contributed by atoms with van der Waals surface area (Å²) >= 11 is 0. The van der Waals surface area contributed by atoms with Crippen LogP contribution in [0.5, 0.6) is 0 Å². The van der Waals surface area contributed by atoms with Gasteiger partial charge in [0.25, 0.3) is 0 Å². The van der Waals surface area contributed by atoms with Gasteiger partial charge in [-0.25, -0.2) is 0 Å². The maximum absolute atomic E-state index is 6.87. The Hall–Kier alpha value is -8.60. The van der Waals surface area contributed by atoms with E-state index in [-0.39, 0.29) is 0 Å². The standard InChI is InChI=1S/C60H39N3O/c1-4-19-40(20-5-1)42-37-50(41-21-6-2-7-22-41)59-51(38-42)47-36-35-44(39-57(47)62(59)43-23-8-3-9-24-43)61(56-33-18-28-49-48-27-12-17-34-58(48)64-60(49)56)54-31-15-16-32-55(54)63-52-29-13-10-25-45(52)46-26-11-14-30-53(46)63/h1-39H. The molecule has 0 spiro atoms. The lowest BCUT2D eigenvalue weighted by Crippen LogP contribution is -2.13. The van der Waals surface area contributed by atoms with Gasteiger partial charge in [-0.15, -0.1) is 0 Å². The second kappa shape index (κ2) is 14.5. The van der Waals surface area contributed by atoms with Crippen LogP contribution in [0.15, 0.2) is 241 Å². The minimum Gasteiger partial charge on any atom is -0.454 e. The first kappa shape index (κ1) is 36.1. The summed E-state index contributed by atoms with van der Waals surface area (Å²) in [4.78, 5) is 2.41. The lowest BCUT2D eigenvalue weighted by Gasteiger charge is -2.28. The van der Waals surface area contributed by atoms with Crippen molar-refractivity contribution in [3.63, 3.8) is 0 Å². The molecule has 64 heavy (non-hydrogen) atoms. The largest absolute Gasteiger partial charge is 0.454 e. The Balaban J connectivity index is 1.15. The van der Waals surface area contributed by atoms with Crippen molar-refractivity contribution in [2.45, 2.75) is 0 Å². The maximum Gasteiger partial charge on any atom is 0.159 e. The van der Waals surface area contributed by atoms with E-state index >= 15 is 0 Å². The van der Waals surface area contributed by atoms with E-state index in [4.69, 9.17) is 4.42 Å². The fraction of sp³-hybridized carbons (Fsp3) is 0. The van der Waals surface area contributed by atoms with Gasteiger partial charge in [-0.2, -0.15) is 0 Å². The van der Waals surface area contributed by atoms with Gasteiger partial charge >= 0.3 is 0 Å². The first-order chi connectivity index (χ1) is 31.8. The van der Waals surface area contributed by atoms with Crippen LogP contribution in [0.25, 0.3) is 99.2 Å². The fourth-order valence-electron chi connectivity index (χ4n) is 10.1. The minimum atomic E-state index is 0.836. The van der Waals surface area contributed by atoms with Crippen molar-refractivity contribution in [1.82, 2.24) is 9.13 Å². The summed E-state index contributed by atoms with van der Waals surface area (Å²) in [7, 11) is 0. The zero-order valence-corrected chi connectivity index (χ0v) is 34.8. The average Bonchev–Trinajstić information content (AvgIpc) is 4.03. The van der Waals surface area contributed by atoms with Gasteiger partial charge in [-0.05, 0) is 89.5 Å². The number of anilines is 3. The third kappa shape index (κ3) is 5.56. The van der Waals surface area contributed by atoms with E-state index in [1.165, 1.54) is 49.3 Å². The molecule has 0 saturated carbocycles. The molecule has 0 saturated heterocycles. The van der Waals surface area contributed by atoms with Crippen LogP contribution in [-0.4, -0.2) is 9.13 Å². The Morgan fingerprint density at radius 1 is 0.344 bits per heavy atom. The summed E-state index contributed by atoms with van der Waals surface area (Å²) in [6.45, 7) is 0. The smallest absolute Gasteiger partial charge is 0.159 e. The number of fused-ring (bicyclic) bond motifs is 9. The molecule has 10 aromatic carbocycles. The highest BCUT2D eigenvalue weighted by Gasteiger charge is 2.26. The molecule has 13 aromatic rings. The van der Waals surface area contributed by atoms with Crippen molar-refractivity contribution in [2.24, 2.45) is 0 Å². The molecule has 0 bridgehead atoms. The Bertz CT molecular complexity index is 3840. The molecule has 0 radical (unpaired) electrons. The summed E-state index contributed by atoms with van der Waals surface area (Å²) in [5.74, 6) is 0. The zero-order valence-electron chi connectivity index (χ0n) is 34.8. The molecule has 0 amide bonds. The second-order valence-electron chi connectivity index (χ2n) is 16.5. The minimum absolute atomic E-state index is 0.836. The van der Waals surface area contributed by atoms with Gasteiger partial charge < -0.3 is 18.5 Å². The van der Waals surface area contributed by atoms with E-state index in [2.05, 4.69) is 245 Å². The molecule has 0 aliphatic heterocycles. The van der Waals surface area contributed by atoms with Gasteiger partial charge in [0.15, 0.2) is 5.58 Å². The first-order valence-corrected chi connectivity index (χ1v) is 21.8. The summed E-state index contributed by atoms with van der Waals surface area (Å²) in [5.41, 5.74) is 16.2. The highest BCUT2D eigenvalue weighted by Crippen LogP contribution is 2.48. The van der Waals surface area contributed by atoms with E-state index < -0.39 is 0 Å². The van der Waals surface area contributed by atoms with Gasteiger partial charge in [0.2, 0.25) is 0 Å². The van der Waals surface area contributed by atoms with Crippen molar-refractivity contribution in [3.05, 3.63) is 237 Å². The number of rotatable bonds is 7. The lowest BCUT2D eigenvalue weighted by atomic mass is 9.95. The molecule has 3 heterocycles. The Morgan fingerprint density at radius 3 is 1.67 bits per heavy atom. The topological polar surface area (TPSA) is 26.2 Å². The maximum atomic E-state index is 6.87. The number of para-hydroxylation sites is 7. The number of aromatic nitrogens is 2. The van der Waals surface area contributed by atoms with E-state index in [0.717, 1.165) is 66.9 Å². The quantitative estimate of drug-likeness (QED) is 0.160. The number of nitrogens with zero attached hydrogens (tertiary/aromatic N) is 3. The molecule has 13 rings (SSSR count). The number of furan rings is 1. The Labute approximate surface area is 369 Å². The Morgan fingerprint density at radius 2 is 0.922 bits per heavy atom. The number of benzene rings is 10. The third-order valence-corrected chi connectivity index (χ3v) is 12.9. The van der Waals surface area contributed by atoms with E-state index in [0.29, 0.717) is 0 Å².